The molecule has 9 aromatic rings. The lowest BCUT2D eigenvalue weighted by molar-refractivity contribution is 1.33. The summed E-state index contributed by atoms with van der Waals surface area (Å²) in [6.07, 6.45) is 2.02. The minimum absolute atomic E-state index is 0.997. The average Bonchev–Trinajstić information content (AvgIpc) is 2.98. The molecule has 0 spiro atoms. The van der Waals surface area contributed by atoms with Crippen LogP contribution in [0.2, 0.25) is 0 Å². The third kappa shape index (κ3) is 2.73. The molecule has 0 amide bonds. The van der Waals surface area contributed by atoms with Crippen LogP contribution in [-0.2, 0) is 0 Å². The average molecular weight is 480 g/mol. The van der Waals surface area contributed by atoms with Gasteiger partial charge in [-0.25, -0.2) is 0 Å². The molecular weight excluding hydrogens is 458 g/mol. The molecule has 0 saturated heterocycles. The van der Waals surface area contributed by atoms with Gasteiger partial charge in [-0.1, -0.05) is 91.0 Å². The van der Waals surface area contributed by atoms with Gasteiger partial charge in [-0.3, -0.25) is 4.98 Å². The third-order valence-electron chi connectivity index (χ3n) is 8.32. The van der Waals surface area contributed by atoms with E-state index in [2.05, 4.69) is 121 Å². The van der Waals surface area contributed by atoms with Crippen molar-refractivity contribution >= 4 is 64.6 Å². The summed E-state index contributed by atoms with van der Waals surface area (Å²) in [5.74, 6) is 0. The number of rotatable bonds is 2. The van der Waals surface area contributed by atoms with Gasteiger partial charge in [-0.05, 0) is 101 Å². The van der Waals surface area contributed by atoms with Crippen LogP contribution in [-0.4, -0.2) is 4.98 Å². The molecule has 0 aliphatic rings. The molecule has 0 radical (unpaired) electrons. The van der Waals surface area contributed by atoms with E-state index in [0.29, 0.717) is 0 Å². The minimum atomic E-state index is 0.997. The standard InChI is InChI=1S/C37H21N/c1-3-22-7-11-26-17-31(18-27-12-8-23(4-1)34(22)36(26)27)30-15-16-33(38-21-30)32-19-28-13-9-24-5-2-6-25-10-14-29(20-32)37(28)35(24)25/h1-21H. The summed E-state index contributed by atoms with van der Waals surface area (Å²) in [7, 11) is 0. The number of benzene rings is 8. The Morgan fingerprint density at radius 2 is 0.711 bits per heavy atom. The van der Waals surface area contributed by atoms with Crippen LogP contribution >= 0.6 is 0 Å². The first kappa shape index (κ1) is 20.1. The van der Waals surface area contributed by atoms with Crippen molar-refractivity contribution in [1.29, 1.82) is 0 Å². The Balaban J connectivity index is 1.17. The SMILES string of the molecule is c1cc2ccc3cc(-c4ccc(-c5cc6ccc7cccc8ccc(c5)c6c78)nc4)cc4ccc(c1)c2c34. The van der Waals surface area contributed by atoms with Crippen LogP contribution in [0.4, 0.5) is 0 Å². The van der Waals surface area contributed by atoms with E-state index < -0.39 is 0 Å². The molecule has 0 aliphatic carbocycles. The van der Waals surface area contributed by atoms with Gasteiger partial charge in [0.25, 0.3) is 0 Å². The molecule has 38 heavy (non-hydrogen) atoms. The van der Waals surface area contributed by atoms with E-state index in [-0.39, 0.29) is 0 Å². The highest BCUT2D eigenvalue weighted by Crippen LogP contribution is 2.39. The van der Waals surface area contributed by atoms with E-state index in [0.717, 1.165) is 16.8 Å². The zero-order valence-electron chi connectivity index (χ0n) is 20.6. The second-order valence-electron chi connectivity index (χ2n) is 10.4. The van der Waals surface area contributed by atoms with Gasteiger partial charge in [-0.2, -0.15) is 0 Å². The molecule has 1 heterocycles. The molecule has 0 fully saturated rings. The Morgan fingerprint density at radius 3 is 1.13 bits per heavy atom. The molecule has 174 valence electrons. The van der Waals surface area contributed by atoms with Gasteiger partial charge >= 0.3 is 0 Å². The first-order valence-electron chi connectivity index (χ1n) is 13.1. The molecule has 0 unspecified atom stereocenters. The van der Waals surface area contributed by atoms with E-state index in [1.807, 2.05) is 6.20 Å². The van der Waals surface area contributed by atoms with Crippen molar-refractivity contribution < 1.29 is 0 Å². The fourth-order valence-corrected chi connectivity index (χ4v) is 6.56. The van der Waals surface area contributed by atoms with Crippen molar-refractivity contribution in [1.82, 2.24) is 4.98 Å². The lowest BCUT2D eigenvalue weighted by Crippen LogP contribution is -1.89. The highest BCUT2D eigenvalue weighted by molar-refractivity contribution is 6.24. The van der Waals surface area contributed by atoms with Gasteiger partial charge in [0.1, 0.15) is 0 Å². The monoisotopic (exact) mass is 479 g/mol. The zero-order valence-corrected chi connectivity index (χ0v) is 20.6. The molecule has 0 atom stereocenters. The van der Waals surface area contributed by atoms with E-state index in [1.165, 1.54) is 70.2 Å². The summed E-state index contributed by atoms with van der Waals surface area (Å²) in [4.78, 5) is 4.94. The summed E-state index contributed by atoms with van der Waals surface area (Å²) < 4.78 is 0. The quantitative estimate of drug-likeness (QED) is 0.225. The van der Waals surface area contributed by atoms with Crippen molar-refractivity contribution in [3.8, 4) is 22.4 Å². The molecule has 0 bridgehead atoms. The lowest BCUT2D eigenvalue weighted by atomic mass is 9.91. The van der Waals surface area contributed by atoms with Crippen LogP contribution < -0.4 is 0 Å². The van der Waals surface area contributed by atoms with Crippen LogP contribution in [0.15, 0.2) is 128 Å². The molecule has 0 saturated carbocycles. The van der Waals surface area contributed by atoms with Gasteiger partial charge in [0.15, 0.2) is 0 Å². The maximum Gasteiger partial charge on any atom is 0.0702 e. The molecule has 1 nitrogen and oxygen atoms in total. The fourth-order valence-electron chi connectivity index (χ4n) is 6.56. The predicted octanol–water partition coefficient (Wildman–Crippen LogP) is 10.2. The topological polar surface area (TPSA) is 12.9 Å². The smallest absolute Gasteiger partial charge is 0.0702 e. The van der Waals surface area contributed by atoms with Gasteiger partial charge < -0.3 is 0 Å². The van der Waals surface area contributed by atoms with Crippen molar-refractivity contribution in [3.63, 3.8) is 0 Å². The number of hydrogen-bond acceptors (Lipinski definition) is 1. The maximum atomic E-state index is 4.94. The molecule has 1 aromatic heterocycles. The highest BCUT2D eigenvalue weighted by atomic mass is 14.7. The van der Waals surface area contributed by atoms with Crippen LogP contribution in [0.1, 0.15) is 0 Å². The summed E-state index contributed by atoms with van der Waals surface area (Å²) in [6, 6.07) is 44.6. The van der Waals surface area contributed by atoms with Crippen LogP contribution in [0.3, 0.4) is 0 Å². The summed E-state index contributed by atoms with van der Waals surface area (Å²) in [5, 5.41) is 15.7. The van der Waals surface area contributed by atoms with Crippen molar-refractivity contribution in [2.75, 3.05) is 0 Å². The number of nitrogens with zero attached hydrogens (tertiary/aromatic N) is 1. The molecule has 0 N–H and O–H groups in total. The third-order valence-corrected chi connectivity index (χ3v) is 8.32. The number of pyridine rings is 1. The maximum absolute atomic E-state index is 4.94. The summed E-state index contributed by atoms with van der Waals surface area (Å²) in [5.41, 5.74) is 4.48. The molecule has 9 rings (SSSR count). The summed E-state index contributed by atoms with van der Waals surface area (Å²) >= 11 is 0. The number of aromatic nitrogens is 1. The number of hydrogen-bond donors (Lipinski definition) is 0. The van der Waals surface area contributed by atoms with Crippen molar-refractivity contribution in [2.45, 2.75) is 0 Å². The second-order valence-corrected chi connectivity index (χ2v) is 10.4. The van der Waals surface area contributed by atoms with E-state index >= 15 is 0 Å². The van der Waals surface area contributed by atoms with Crippen LogP contribution in [0.5, 0.6) is 0 Å². The second kappa shape index (κ2) is 7.27. The molecule has 1 heteroatoms. The van der Waals surface area contributed by atoms with Gasteiger partial charge in [-0.15, -0.1) is 0 Å². The van der Waals surface area contributed by atoms with E-state index in [4.69, 9.17) is 4.98 Å². The predicted molar refractivity (Wildman–Crippen MR) is 163 cm³/mol. The fraction of sp³-hybridized carbons (Fsp3) is 0. The van der Waals surface area contributed by atoms with Crippen LogP contribution in [0, 0.1) is 0 Å². The Hall–Kier alpha value is -5.01. The van der Waals surface area contributed by atoms with E-state index in [9.17, 15) is 0 Å². The molecule has 8 aromatic carbocycles. The Morgan fingerprint density at radius 1 is 0.316 bits per heavy atom. The van der Waals surface area contributed by atoms with Gasteiger partial charge in [0.05, 0.1) is 5.69 Å². The lowest BCUT2D eigenvalue weighted by Gasteiger charge is -2.13. The largest absolute Gasteiger partial charge is 0.256 e. The Bertz CT molecular complexity index is 2030. The molecule has 0 aliphatic heterocycles. The van der Waals surface area contributed by atoms with Gasteiger partial charge in [0.2, 0.25) is 0 Å². The van der Waals surface area contributed by atoms with Crippen LogP contribution in [0.25, 0.3) is 87.0 Å². The first-order valence-corrected chi connectivity index (χ1v) is 13.1. The van der Waals surface area contributed by atoms with Gasteiger partial charge in [0, 0.05) is 17.3 Å². The van der Waals surface area contributed by atoms with E-state index in [1.54, 1.807) is 0 Å². The van der Waals surface area contributed by atoms with Crippen molar-refractivity contribution in [2.24, 2.45) is 0 Å². The zero-order chi connectivity index (χ0) is 24.8. The Kier molecular flexibility index (Phi) is 3.85. The highest BCUT2D eigenvalue weighted by Gasteiger charge is 2.12. The summed E-state index contributed by atoms with van der Waals surface area (Å²) in [6.45, 7) is 0. The normalized spacial score (nSPS) is 12.2. The minimum Gasteiger partial charge on any atom is -0.256 e. The Labute approximate surface area is 219 Å². The first-order chi connectivity index (χ1) is 18.8. The van der Waals surface area contributed by atoms with Crippen molar-refractivity contribution in [3.05, 3.63) is 128 Å². The molecular formula is C37H21N.